The topological polar surface area (TPSA) is 92.3 Å². The highest BCUT2D eigenvalue weighted by Crippen LogP contribution is 2.22. The lowest BCUT2D eigenvalue weighted by molar-refractivity contribution is -0.122. The number of hydrogen-bond acceptors (Lipinski definition) is 6. The smallest absolute Gasteiger partial charge is 0.273 e. The fourth-order valence-corrected chi connectivity index (χ4v) is 2.50. The molecule has 3 rings (SSSR count). The molecule has 1 aliphatic rings. The first-order valence-electron chi connectivity index (χ1n) is 7.02. The van der Waals surface area contributed by atoms with Crippen LogP contribution in [-0.4, -0.2) is 34.1 Å². The largest absolute Gasteiger partial charge is 0.335 e. The average Bonchev–Trinajstić information content (AvgIpc) is 2.59. The summed E-state index contributed by atoms with van der Waals surface area (Å²) in [6.07, 6.45) is 6.00. The summed E-state index contributed by atoms with van der Waals surface area (Å²) in [4.78, 5) is 45.4. The third-order valence-corrected chi connectivity index (χ3v) is 3.89. The molecule has 1 aliphatic heterocycles. The Bertz CT molecular complexity index is 899. The van der Waals surface area contributed by atoms with Gasteiger partial charge in [-0.25, -0.2) is 24.1 Å². The van der Waals surface area contributed by atoms with E-state index in [2.05, 4.69) is 15.3 Å². The minimum atomic E-state index is -0.938. The first-order chi connectivity index (χ1) is 12.0. The third-order valence-electron chi connectivity index (χ3n) is 3.31. The van der Waals surface area contributed by atoms with E-state index >= 15 is 0 Å². The number of aromatic nitrogens is 2. The van der Waals surface area contributed by atoms with Gasteiger partial charge in [-0.3, -0.25) is 14.9 Å². The lowest BCUT2D eigenvalue weighted by Crippen LogP contribution is -2.54. The van der Waals surface area contributed by atoms with Gasteiger partial charge in [0.2, 0.25) is 0 Å². The molecule has 0 saturated carbocycles. The molecule has 0 radical (unpaired) electrons. The number of halogens is 1. The summed E-state index contributed by atoms with van der Waals surface area (Å²) >= 11 is 1.35. The van der Waals surface area contributed by atoms with Crippen molar-refractivity contribution in [1.29, 1.82) is 0 Å². The number of nitrogens with one attached hydrogen (secondary N) is 1. The van der Waals surface area contributed by atoms with Crippen molar-refractivity contribution in [1.82, 2.24) is 15.3 Å². The fourth-order valence-electron chi connectivity index (χ4n) is 2.18. The predicted octanol–water partition coefficient (Wildman–Crippen LogP) is 2.00. The molecular weight excluding hydrogens is 347 g/mol. The number of carbonyl (C=O) groups is 3. The summed E-state index contributed by atoms with van der Waals surface area (Å²) in [5.74, 6) is -2.30. The fraction of sp³-hybridized carbons (Fsp3) is 0.0625. The molecule has 0 bridgehead atoms. The van der Waals surface area contributed by atoms with Crippen LogP contribution in [0.15, 0.2) is 47.4 Å². The van der Waals surface area contributed by atoms with Crippen LogP contribution in [0.4, 0.5) is 14.9 Å². The highest BCUT2D eigenvalue weighted by molar-refractivity contribution is 7.98. The zero-order valence-electron chi connectivity index (χ0n) is 12.9. The van der Waals surface area contributed by atoms with Gasteiger partial charge in [-0.05, 0) is 30.5 Å². The Balaban J connectivity index is 1.98. The van der Waals surface area contributed by atoms with E-state index < -0.39 is 23.7 Å². The molecular formula is C16H11FN4O3S. The van der Waals surface area contributed by atoms with Gasteiger partial charge in [0.05, 0.1) is 5.69 Å². The standard InChI is InChI=1S/C16H11FN4O3S/c1-25-15-18-7-9(8-19-15)5-12-13(22)20-16(24)21(14(12)23)11-4-2-3-10(17)6-11/h2-8H,1H3,(H,20,22,24). The van der Waals surface area contributed by atoms with Gasteiger partial charge < -0.3 is 0 Å². The number of amides is 4. The Labute approximate surface area is 146 Å². The zero-order chi connectivity index (χ0) is 18.0. The molecule has 9 heteroatoms. The number of imide groups is 2. The average molecular weight is 358 g/mol. The number of thioether (sulfide) groups is 1. The number of carbonyl (C=O) groups excluding carboxylic acids is 3. The maximum absolute atomic E-state index is 13.4. The molecule has 1 fully saturated rings. The molecule has 0 aliphatic carbocycles. The quantitative estimate of drug-likeness (QED) is 0.390. The second kappa shape index (κ2) is 6.81. The SMILES string of the molecule is CSc1ncc(C=C2C(=O)NC(=O)N(c3cccc(F)c3)C2=O)cn1. The van der Waals surface area contributed by atoms with Crippen LogP contribution in [0.1, 0.15) is 5.56 Å². The van der Waals surface area contributed by atoms with Crippen molar-refractivity contribution < 1.29 is 18.8 Å². The monoisotopic (exact) mass is 358 g/mol. The lowest BCUT2D eigenvalue weighted by Gasteiger charge is -2.26. The number of hydrogen-bond donors (Lipinski definition) is 1. The summed E-state index contributed by atoms with van der Waals surface area (Å²) in [7, 11) is 0. The minimum Gasteiger partial charge on any atom is -0.273 e. The Morgan fingerprint density at radius 3 is 2.56 bits per heavy atom. The highest BCUT2D eigenvalue weighted by Gasteiger charge is 2.36. The molecule has 1 N–H and O–H groups in total. The normalized spacial score (nSPS) is 16.3. The maximum atomic E-state index is 13.4. The number of barbiturate groups is 1. The van der Waals surface area contributed by atoms with Gasteiger partial charge in [0.1, 0.15) is 11.4 Å². The van der Waals surface area contributed by atoms with Crippen LogP contribution in [-0.2, 0) is 9.59 Å². The van der Waals surface area contributed by atoms with Crippen molar-refractivity contribution in [2.45, 2.75) is 5.16 Å². The van der Waals surface area contributed by atoms with Crippen molar-refractivity contribution in [3.05, 3.63) is 53.6 Å². The number of benzene rings is 1. The van der Waals surface area contributed by atoms with Gasteiger partial charge in [-0.2, -0.15) is 0 Å². The van der Waals surface area contributed by atoms with Crippen LogP contribution >= 0.6 is 11.8 Å². The summed E-state index contributed by atoms with van der Waals surface area (Å²) in [5.41, 5.74) is 0.170. The van der Waals surface area contributed by atoms with Crippen LogP contribution in [0, 0.1) is 5.82 Å². The van der Waals surface area contributed by atoms with Gasteiger partial charge in [0.15, 0.2) is 5.16 Å². The van der Waals surface area contributed by atoms with Crippen LogP contribution in [0.5, 0.6) is 0 Å². The molecule has 0 atom stereocenters. The molecule has 126 valence electrons. The van der Waals surface area contributed by atoms with Crippen LogP contribution in [0.25, 0.3) is 6.08 Å². The molecule has 0 unspecified atom stereocenters. The Hall–Kier alpha value is -3.07. The second-order valence-electron chi connectivity index (χ2n) is 4.94. The van der Waals surface area contributed by atoms with Crippen molar-refractivity contribution in [2.24, 2.45) is 0 Å². The Kier molecular flexibility index (Phi) is 4.57. The van der Waals surface area contributed by atoms with Crippen molar-refractivity contribution in [2.75, 3.05) is 11.2 Å². The van der Waals surface area contributed by atoms with Gasteiger partial charge in [-0.1, -0.05) is 17.8 Å². The van der Waals surface area contributed by atoms with E-state index in [0.29, 0.717) is 15.6 Å². The van der Waals surface area contributed by atoms with E-state index in [0.717, 1.165) is 6.07 Å². The molecule has 2 heterocycles. The first-order valence-corrected chi connectivity index (χ1v) is 8.25. The molecule has 2 aromatic rings. The summed E-state index contributed by atoms with van der Waals surface area (Å²) in [6, 6.07) is 4.03. The molecule has 25 heavy (non-hydrogen) atoms. The summed E-state index contributed by atoms with van der Waals surface area (Å²) < 4.78 is 13.4. The number of rotatable bonds is 3. The van der Waals surface area contributed by atoms with E-state index in [-0.39, 0.29) is 11.3 Å². The summed E-state index contributed by atoms with van der Waals surface area (Å²) in [5, 5.41) is 2.60. The highest BCUT2D eigenvalue weighted by atomic mass is 32.2. The first kappa shape index (κ1) is 16.8. The zero-order valence-corrected chi connectivity index (χ0v) is 13.7. The van der Waals surface area contributed by atoms with Gasteiger partial charge in [-0.15, -0.1) is 0 Å². The molecule has 1 aromatic heterocycles. The van der Waals surface area contributed by atoms with E-state index in [1.165, 1.54) is 48.4 Å². The maximum Gasteiger partial charge on any atom is 0.335 e. The predicted molar refractivity (Wildman–Crippen MR) is 89.2 cm³/mol. The van der Waals surface area contributed by atoms with E-state index in [1.54, 1.807) is 0 Å². The molecule has 1 aromatic carbocycles. The molecule has 0 spiro atoms. The van der Waals surface area contributed by atoms with Crippen molar-refractivity contribution in [3.8, 4) is 0 Å². The van der Waals surface area contributed by atoms with E-state index in [9.17, 15) is 18.8 Å². The second-order valence-corrected chi connectivity index (χ2v) is 5.71. The van der Waals surface area contributed by atoms with Crippen molar-refractivity contribution >= 4 is 41.4 Å². The van der Waals surface area contributed by atoms with Crippen LogP contribution in [0.2, 0.25) is 0 Å². The van der Waals surface area contributed by atoms with E-state index in [4.69, 9.17) is 0 Å². The van der Waals surface area contributed by atoms with Gasteiger partial charge in [0, 0.05) is 18.0 Å². The van der Waals surface area contributed by atoms with Crippen LogP contribution in [0.3, 0.4) is 0 Å². The lowest BCUT2D eigenvalue weighted by atomic mass is 10.1. The van der Waals surface area contributed by atoms with Crippen LogP contribution < -0.4 is 10.2 Å². The number of anilines is 1. The van der Waals surface area contributed by atoms with Crippen molar-refractivity contribution in [3.63, 3.8) is 0 Å². The Morgan fingerprint density at radius 2 is 1.92 bits per heavy atom. The third kappa shape index (κ3) is 3.41. The molecule has 4 amide bonds. The molecule has 1 saturated heterocycles. The number of urea groups is 1. The van der Waals surface area contributed by atoms with Gasteiger partial charge in [0.25, 0.3) is 11.8 Å². The minimum absolute atomic E-state index is 0.0230. The number of nitrogens with zero attached hydrogens (tertiary/aromatic N) is 3. The van der Waals surface area contributed by atoms with Gasteiger partial charge >= 0.3 is 6.03 Å². The Morgan fingerprint density at radius 1 is 1.20 bits per heavy atom. The summed E-state index contributed by atoms with van der Waals surface area (Å²) in [6.45, 7) is 0. The van der Waals surface area contributed by atoms with E-state index in [1.807, 2.05) is 6.26 Å². The molecule has 7 nitrogen and oxygen atoms in total.